The van der Waals surface area contributed by atoms with Crippen molar-refractivity contribution in [2.45, 2.75) is 32.9 Å². The zero-order chi connectivity index (χ0) is 15.9. The molecule has 0 amide bonds. The fourth-order valence-corrected chi connectivity index (χ4v) is 1.81. The van der Waals surface area contributed by atoms with Crippen molar-refractivity contribution in [2.75, 3.05) is 30.3 Å². The second-order valence-electron chi connectivity index (χ2n) is 5.01. The summed E-state index contributed by atoms with van der Waals surface area (Å²) in [6, 6.07) is 2.01. The molecule has 7 heteroatoms. The van der Waals surface area contributed by atoms with Crippen molar-refractivity contribution >= 4 is 11.6 Å². The molecule has 0 saturated heterocycles. The third kappa shape index (κ3) is 6.20. The third-order valence-electron chi connectivity index (χ3n) is 3.00. The Hall–Kier alpha value is -1.50. The molecule has 0 radical (unpaired) electrons. The number of rotatable bonds is 8. The van der Waals surface area contributed by atoms with E-state index >= 15 is 0 Å². The Kier molecular flexibility index (Phi) is 6.74. The average Bonchev–Trinajstić information content (AvgIpc) is 2.42. The van der Waals surface area contributed by atoms with Crippen molar-refractivity contribution in [3.63, 3.8) is 0 Å². The lowest BCUT2D eigenvalue weighted by Gasteiger charge is -2.13. The van der Waals surface area contributed by atoms with Gasteiger partial charge in [0.05, 0.1) is 5.56 Å². The second-order valence-corrected chi connectivity index (χ2v) is 5.01. The molecule has 0 aliphatic carbocycles. The Balaban J connectivity index is 2.70. The van der Waals surface area contributed by atoms with E-state index in [1.54, 1.807) is 6.92 Å². The van der Waals surface area contributed by atoms with Crippen molar-refractivity contribution < 1.29 is 18.3 Å². The summed E-state index contributed by atoms with van der Waals surface area (Å²) in [7, 11) is 0. The highest BCUT2D eigenvalue weighted by Gasteiger charge is 2.31. The van der Waals surface area contributed by atoms with Gasteiger partial charge in [-0.25, -0.2) is 4.98 Å². The Morgan fingerprint density at radius 1 is 1.24 bits per heavy atom. The van der Waals surface area contributed by atoms with Crippen LogP contribution in [0.15, 0.2) is 12.1 Å². The minimum Gasteiger partial charge on any atom is -0.396 e. The number of nitrogens with one attached hydrogen (secondary N) is 2. The summed E-state index contributed by atoms with van der Waals surface area (Å²) in [5.74, 6) is 0.606. The van der Waals surface area contributed by atoms with Crippen molar-refractivity contribution in [2.24, 2.45) is 5.92 Å². The Bertz CT molecular complexity index is 438. The summed E-state index contributed by atoms with van der Waals surface area (Å²) in [5, 5.41) is 14.6. The first-order valence-corrected chi connectivity index (χ1v) is 7.04. The average molecular weight is 305 g/mol. The van der Waals surface area contributed by atoms with E-state index in [1.807, 2.05) is 6.92 Å². The molecule has 120 valence electrons. The zero-order valence-corrected chi connectivity index (χ0v) is 12.3. The molecule has 0 aromatic carbocycles. The summed E-state index contributed by atoms with van der Waals surface area (Å²) >= 11 is 0. The molecule has 4 nitrogen and oxygen atoms in total. The van der Waals surface area contributed by atoms with Gasteiger partial charge in [-0.05, 0) is 37.8 Å². The van der Waals surface area contributed by atoms with Crippen LogP contribution in [-0.2, 0) is 6.18 Å². The fraction of sp³-hybridized carbons (Fsp3) is 0.643. The molecule has 0 aliphatic rings. The first-order valence-electron chi connectivity index (χ1n) is 7.04. The molecule has 0 aliphatic heterocycles. The van der Waals surface area contributed by atoms with Crippen LogP contribution in [-0.4, -0.2) is 29.8 Å². The van der Waals surface area contributed by atoms with Crippen LogP contribution in [0.5, 0.6) is 0 Å². The molecule has 1 rings (SSSR count). The fourth-order valence-electron chi connectivity index (χ4n) is 1.81. The largest absolute Gasteiger partial charge is 0.416 e. The molecule has 0 spiro atoms. The predicted octanol–water partition coefficient (Wildman–Crippen LogP) is 3.35. The molecular weight excluding hydrogens is 283 g/mol. The van der Waals surface area contributed by atoms with Crippen LogP contribution in [0.2, 0.25) is 0 Å². The molecule has 1 atom stereocenters. The maximum absolute atomic E-state index is 12.8. The Labute approximate surface area is 122 Å². The van der Waals surface area contributed by atoms with Crippen molar-refractivity contribution in [3.05, 3.63) is 17.7 Å². The molecule has 0 saturated carbocycles. The molecule has 3 N–H and O–H groups in total. The maximum atomic E-state index is 12.8. The highest BCUT2D eigenvalue weighted by Crippen LogP contribution is 2.32. The highest BCUT2D eigenvalue weighted by molar-refractivity contribution is 5.49. The Morgan fingerprint density at radius 3 is 2.38 bits per heavy atom. The number of nitrogens with zero attached hydrogens (tertiary/aromatic N) is 1. The van der Waals surface area contributed by atoms with Gasteiger partial charge in [0.1, 0.15) is 11.6 Å². The number of halogens is 3. The van der Waals surface area contributed by atoms with E-state index in [4.69, 9.17) is 5.11 Å². The monoisotopic (exact) mass is 305 g/mol. The van der Waals surface area contributed by atoms with E-state index in [0.29, 0.717) is 13.1 Å². The summed E-state index contributed by atoms with van der Waals surface area (Å²) in [6.45, 7) is 4.86. The molecule has 0 bridgehead atoms. The first kappa shape index (κ1) is 17.6. The first-order chi connectivity index (χ1) is 9.86. The van der Waals surface area contributed by atoms with Crippen LogP contribution in [0.25, 0.3) is 0 Å². The molecule has 1 aromatic heterocycles. The summed E-state index contributed by atoms with van der Waals surface area (Å²) in [6.07, 6.45) is -2.83. The standard InChI is InChI=1S/C14H22F3N3O/c1-3-18-12-7-11(14(15,16)17)8-13(20-12)19-6-4-5-10(2)9-21/h7-8,10,21H,3-6,9H2,1-2H3,(H2,18,19,20). The number of aromatic nitrogens is 1. The quantitative estimate of drug-likeness (QED) is 0.645. The van der Waals surface area contributed by atoms with Crippen LogP contribution < -0.4 is 10.6 Å². The van der Waals surface area contributed by atoms with E-state index in [-0.39, 0.29) is 24.2 Å². The lowest BCUT2D eigenvalue weighted by atomic mass is 10.1. The molecular formula is C14H22F3N3O. The van der Waals surface area contributed by atoms with Gasteiger partial charge in [-0.1, -0.05) is 6.92 Å². The van der Waals surface area contributed by atoms with Crippen molar-refractivity contribution in [3.8, 4) is 0 Å². The smallest absolute Gasteiger partial charge is 0.396 e. The van der Waals surface area contributed by atoms with Gasteiger partial charge < -0.3 is 15.7 Å². The van der Waals surface area contributed by atoms with Gasteiger partial charge in [-0.2, -0.15) is 13.2 Å². The van der Waals surface area contributed by atoms with Gasteiger partial charge in [0.25, 0.3) is 0 Å². The van der Waals surface area contributed by atoms with E-state index in [0.717, 1.165) is 25.0 Å². The number of anilines is 2. The molecule has 21 heavy (non-hydrogen) atoms. The van der Waals surface area contributed by atoms with Gasteiger partial charge >= 0.3 is 6.18 Å². The lowest BCUT2D eigenvalue weighted by Crippen LogP contribution is -2.12. The van der Waals surface area contributed by atoms with Gasteiger partial charge in [-0.3, -0.25) is 0 Å². The van der Waals surface area contributed by atoms with E-state index in [2.05, 4.69) is 15.6 Å². The van der Waals surface area contributed by atoms with Crippen LogP contribution >= 0.6 is 0 Å². The van der Waals surface area contributed by atoms with Crippen LogP contribution in [0, 0.1) is 5.92 Å². The molecule has 1 aromatic rings. The van der Waals surface area contributed by atoms with Crippen molar-refractivity contribution in [1.82, 2.24) is 4.98 Å². The number of pyridine rings is 1. The second kappa shape index (κ2) is 8.07. The number of hydrogen-bond donors (Lipinski definition) is 3. The third-order valence-corrected chi connectivity index (χ3v) is 3.00. The van der Waals surface area contributed by atoms with E-state index in [9.17, 15) is 13.2 Å². The number of hydrogen-bond acceptors (Lipinski definition) is 4. The highest BCUT2D eigenvalue weighted by atomic mass is 19.4. The van der Waals surface area contributed by atoms with Crippen LogP contribution in [0.1, 0.15) is 32.3 Å². The number of aliphatic hydroxyl groups excluding tert-OH is 1. The summed E-state index contributed by atoms with van der Waals surface area (Å²) in [5.41, 5.74) is -0.723. The minimum absolute atomic E-state index is 0.117. The SMILES string of the molecule is CCNc1cc(C(F)(F)F)cc(NCCCC(C)CO)n1. The zero-order valence-electron chi connectivity index (χ0n) is 12.3. The minimum atomic E-state index is -4.39. The lowest BCUT2D eigenvalue weighted by molar-refractivity contribution is -0.137. The van der Waals surface area contributed by atoms with Gasteiger partial charge in [0.2, 0.25) is 0 Å². The maximum Gasteiger partial charge on any atom is 0.416 e. The normalized spacial score (nSPS) is 13.0. The topological polar surface area (TPSA) is 57.2 Å². The van der Waals surface area contributed by atoms with E-state index in [1.165, 1.54) is 0 Å². The van der Waals surface area contributed by atoms with E-state index < -0.39 is 11.7 Å². The van der Waals surface area contributed by atoms with Crippen LogP contribution in [0.4, 0.5) is 24.8 Å². The van der Waals surface area contributed by atoms with Gasteiger partial charge in [-0.15, -0.1) is 0 Å². The van der Waals surface area contributed by atoms with Crippen molar-refractivity contribution in [1.29, 1.82) is 0 Å². The molecule has 1 unspecified atom stereocenters. The summed E-state index contributed by atoms with van der Waals surface area (Å²) in [4.78, 5) is 4.10. The van der Waals surface area contributed by atoms with Gasteiger partial charge in [0, 0.05) is 19.7 Å². The predicted molar refractivity (Wildman–Crippen MR) is 77.4 cm³/mol. The number of alkyl halides is 3. The number of aliphatic hydroxyl groups is 1. The molecule has 1 heterocycles. The summed E-state index contributed by atoms with van der Waals surface area (Å²) < 4.78 is 38.5. The van der Waals surface area contributed by atoms with Crippen LogP contribution in [0.3, 0.4) is 0 Å². The molecule has 0 fully saturated rings. The van der Waals surface area contributed by atoms with Gasteiger partial charge in [0.15, 0.2) is 0 Å². The Morgan fingerprint density at radius 2 is 1.86 bits per heavy atom.